The fourth-order valence-corrected chi connectivity index (χ4v) is 2.31. The van der Waals surface area contributed by atoms with Gasteiger partial charge in [0, 0.05) is 24.3 Å². The minimum absolute atomic E-state index is 0.331. The second kappa shape index (κ2) is 7.58. The van der Waals surface area contributed by atoms with E-state index in [1.165, 1.54) is 12.1 Å². The molecule has 2 N–H and O–H groups in total. The maximum absolute atomic E-state index is 13.0. The number of nitrogens with zero attached hydrogens (tertiary/aromatic N) is 1. The van der Waals surface area contributed by atoms with Crippen LogP contribution in [0.4, 0.5) is 18.9 Å². The van der Waals surface area contributed by atoms with Crippen molar-refractivity contribution in [1.29, 1.82) is 5.26 Å². The van der Waals surface area contributed by atoms with E-state index >= 15 is 0 Å². The second-order valence-corrected chi connectivity index (χ2v) is 6.45. The van der Waals surface area contributed by atoms with Crippen molar-refractivity contribution < 1.29 is 13.2 Å². The first-order valence-electron chi connectivity index (χ1n) is 7.85. The zero-order chi connectivity index (χ0) is 18.5. The van der Waals surface area contributed by atoms with Crippen molar-refractivity contribution in [2.45, 2.75) is 32.1 Å². The molecule has 0 saturated carbocycles. The van der Waals surface area contributed by atoms with Crippen LogP contribution in [0.1, 0.15) is 30.5 Å². The number of anilines is 1. The molecule has 0 heterocycles. The van der Waals surface area contributed by atoms with Crippen molar-refractivity contribution in [3.63, 3.8) is 0 Å². The fraction of sp³-hybridized carbons (Fsp3) is 0.316. The van der Waals surface area contributed by atoms with Crippen molar-refractivity contribution in [2.24, 2.45) is 0 Å². The fourth-order valence-electron chi connectivity index (χ4n) is 2.31. The van der Waals surface area contributed by atoms with Crippen LogP contribution < -0.4 is 10.6 Å². The lowest BCUT2D eigenvalue weighted by Crippen LogP contribution is -2.44. The van der Waals surface area contributed by atoms with E-state index in [1.54, 1.807) is 6.07 Å². The van der Waals surface area contributed by atoms with Gasteiger partial charge in [0.05, 0.1) is 17.2 Å². The molecule has 2 aromatic rings. The van der Waals surface area contributed by atoms with Crippen LogP contribution in [0.3, 0.4) is 0 Å². The molecular formula is C19H20F3N3. The summed E-state index contributed by atoms with van der Waals surface area (Å²) in [5.41, 5.74) is -0.161. The molecule has 0 radical (unpaired) electrons. The first-order chi connectivity index (χ1) is 11.7. The molecule has 0 saturated heterocycles. The third-order valence-corrected chi connectivity index (χ3v) is 3.79. The first-order valence-corrected chi connectivity index (χ1v) is 7.85. The van der Waals surface area contributed by atoms with Crippen LogP contribution in [0, 0.1) is 11.3 Å². The number of benzene rings is 2. The number of hydrogen-bond acceptors (Lipinski definition) is 3. The highest BCUT2D eigenvalue weighted by molar-refractivity contribution is 5.53. The first kappa shape index (κ1) is 18.8. The molecule has 0 atom stereocenters. The largest absolute Gasteiger partial charge is 0.417 e. The van der Waals surface area contributed by atoms with Crippen molar-refractivity contribution >= 4 is 5.69 Å². The zero-order valence-corrected chi connectivity index (χ0v) is 14.1. The minimum atomic E-state index is -4.55. The monoisotopic (exact) mass is 347 g/mol. The van der Waals surface area contributed by atoms with Crippen LogP contribution in [-0.4, -0.2) is 12.1 Å². The van der Waals surface area contributed by atoms with Crippen LogP contribution in [-0.2, 0) is 12.7 Å². The highest BCUT2D eigenvalue weighted by Crippen LogP contribution is 2.33. The molecule has 0 amide bonds. The molecular weight excluding hydrogens is 327 g/mol. The smallest absolute Gasteiger partial charge is 0.383 e. The van der Waals surface area contributed by atoms with Crippen LogP contribution in [0.25, 0.3) is 0 Å². The van der Waals surface area contributed by atoms with Gasteiger partial charge in [-0.2, -0.15) is 18.4 Å². The summed E-state index contributed by atoms with van der Waals surface area (Å²) in [5.74, 6) is 0. The summed E-state index contributed by atoms with van der Waals surface area (Å²) >= 11 is 0. The lowest BCUT2D eigenvalue weighted by molar-refractivity contribution is -0.137. The quantitative estimate of drug-likeness (QED) is 0.805. The molecule has 2 rings (SSSR count). The van der Waals surface area contributed by atoms with E-state index in [9.17, 15) is 13.2 Å². The molecule has 0 aliphatic heterocycles. The molecule has 2 aromatic carbocycles. The van der Waals surface area contributed by atoms with Crippen LogP contribution in [0.5, 0.6) is 0 Å². The molecule has 25 heavy (non-hydrogen) atoms. The van der Waals surface area contributed by atoms with E-state index in [2.05, 4.69) is 10.6 Å². The molecule has 3 nitrogen and oxygen atoms in total. The van der Waals surface area contributed by atoms with Gasteiger partial charge in [0.15, 0.2) is 0 Å². The Morgan fingerprint density at radius 1 is 1.04 bits per heavy atom. The van der Waals surface area contributed by atoms with Crippen LogP contribution >= 0.6 is 0 Å². The minimum Gasteiger partial charge on any atom is -0.383 e. The summed E-state index contributed by atoms with van der Waals surface area (Å²) in [5, 5.41) is 15.2. The molecule has 0 spiro atoms. The molecule has 0 unspecified atom stereocenters. The summed E-state index contributed by atoms with van der Waals surface area (Å²) < 4.78 is 39.0. The third-order valence-electron chi connectivity index (χ3n) is 3.79. The summed E-state index contributed by atoms with van der Waals surface area (Å²) in [6.45, 7) is 5.04. The number of hydrogen-bond donors (Lipinski definition) is 2. The van der Waals surface area contributed by atoms with Gasteiger partial charge in [0.1, 0.15) is 0 Å². The number of alkyl halides is 3. The SMILES string of the molecule is CC(C)(CNc1ccc(C#N)c(C(F)(F)F)c1)NCc1ccccc1. The number of nitrogens with one attached hydrogen (secondary N) is 2. The number of halogens is 3. The molecule has 0 aliphatic rings. The van der Waals surface area contributed by atoms with Crippen LogP contribution in [0.2, 0.25) is 0 Å². The average molecular weight is 347 g/mol. The van der Waals surface area contributed by atoms with Gasteiger partial charge < -0.3 is 10.6 Å². The van der Waals surface area contributed by atoms with Gasteiger partial charge in [0.2, 0.25) is 0 Å². The Labute approximate surface area is 145 Å². The van der Waals surface area contributed by atoms with Crippen molar-refractivity contribution in [1.82, 2.24) is 5.32 Å². The van der Waals surface area contributed by atoms with E-state index in [4.69, 9.17) is 5.26 Å². The topological polar surface area (TPSA) is 47.9 Å². The maximum Gasteiger partial charge on any atom is 0.417 e. The highest BCUT2D eigenvalue weighted by Gasteiger charge is 2.33. The Morgan fingerprint density at radius 3 is 2.32 bits per heavy atom. The molecule has 0 fully saturated rings. The Kier molecular flexibility index (Phi) is 5.70. The molecule has 6 heteroatoms. The van der Waals surface area contributed by atoms with Gasteiger partial charge in [-0.05, 0) is 37.6 Å². The molecule has 132 valence electrons. The predicted molar refractivity (Wildman–Crippen MR) is 92.0 cm³/mol. The third kappa shape index (κ3) is 5.50. The van der Waals surface area contributed by atoms with Gasteiger partial charge in [-0.25, -0.2) is 0 Å². The summed E-state index contributed by atoms with van der Waals surface area (Å²) in [6, 6.07) is 15.1. The molecule has 0 bridgehead atoms. The van der Waals surface area contributed by atoms with E-state index < -0.39 is 11.7 Å². The Morgan fingerprint density at radius 2 is 1.72 bits per heavy atom. The van der Waals surface area contributed by atoms with Crippen molar-refractivity contribution in [3.8, 4) is 6.07 Å². The lowest BCUT2D eigenvalue weighted by atomic mass is 10.0. The van der Waals surface area contributed by atoms with Gasteiger partial charge in [0.25, 0.3) is 0 Å². The normalized spacial score (nSPS) is 11.8. The average Bonchev–Trinajstić information content (AvgIpc) is 2.58. The van der Waals surface area contributed by atoms with Gasteiger partial charge in [-0.15, -0.1) is 0 Å². The Balaban J connectivity index is 2.01. The van der Waals surface area contributed by atoms with Crippen LogP contribution in [0.15, 0.2) is 48.5 Å². The lowest BCUT2D eigenvalue weighted by Gasteiger charge is -2.27. The van der Waals surface area contributed by atoms with E-state index in [0.29, 0.717) is 18.8 Å². The summed E-state index contributed by atoms with van der Waals surface area (Å²) in [7, 11) is 0. The number of rotatable bonds is 6. The van der Waals surface area contributed by atoms with E-state index in [0.717, 1.165) is 11.6 Å². The summed E-state index contributed by atoms with van der Waals surface area (Å²) in [4.78, 5) is 0. The second-order valence-electron chi connectivity index (χ2n) is 6.45. The zero-order valence-electron chi connectivity index (χ0n) is 14.1. The maximum atomic E-state index is 13.0. The standard InChI is InChI=1S/C19H20F3N3/c1-18(2,25-12-14-6-4-3-5-7-14)13-24-16-9-8-15(11-23)17(10-16)19(20,21)22/h3-10,24-25H,12-13H2,1-2H3. The van der Waals surface area contributed by atoms with E-state index in [-0.39, 0.29) is 11.1 Å². The molecule has 0 aliphatic carbocycles. The van der Waals surface area contributed by atoms with E-state index in [1.807, 2.05) is 44.2 Å². The van der Waals surface area contributed by atoms with Gasteiger partial charge >= 0.3 is 6.18 Å². The highest BCUT2D eigenvalue weighted by atomic mass is 19.4. The van der Waals surface area contributed by atoms with Crippen molar-refractivity contribution in [2.75, 3.05) is 11.9 Å². The number of nitriles is 1. The summed E-state index contributed by atoms with van der Waals surface area (Å²) in [6.07, 6.45) is -4.55. The van der Waals surface area contributed by atoms with Crippen molar-refractivity contribution in [3.05, 3.63) is 65.2 Å². The molecule has 0 aromatic heterocycles. The van der Waals surface area contributed by atoms with Gasteiger partial charge in [-0.3, -0.25) is 0 Å². The Bertz CT molecular complexity index is 747. The van der Waals surface area contributed by atoms with Gasteiger partial charge in [-0.1, -0.05) is 30.3 Å². The predicted octanol–water partition coefficient (Wildman–Crippen LogP) is 4.56. The Hall–Kier alpha value is -2.52.